The van der Waals surface area contributed by atoms with Gasteiger partial charge in [-0.1, -0.05) is 23.7 Å². The van der Waals surface area contributed by atoms with Gasteiger partial charge in [-0.3, -0.25) is 9.59 Å². The zero-order chi connectivity index (χ0) is 27.0. The van der Waals surface area contributed by atoms with E-state index >= 15 is 0 Å². The minimum atomic E-state index is -4.30. The molecule has 0 fully saturated rings. The zero-order valence-electron chi connectivity index (χ0n) is 19.3. The van der Waals surface area contributed by atoms with Gasteiger partial charge in [-0.25, -0.2) is 5.43 Å². The van der Waals surface area contributed by atoms with Crippen LogP contribution in [0.4, 0.5) is 18.9 Å². The van der Waals surface area contributed by atoms with Crippen molar-refractivity contribution in [1.29, 1.82) is 0 Å². The van der Waals surface area contributed by atoms with Crippen molar-refractivity contribution in [1.82, 2.24) is 5.43 Å². The number of methoxy groups -OCH3 is 1. The van der Waals surface area contributed by atoms with Crippen LogP contribution in [0.3, 0.4) is 0 Å². The Labute approximate surface area is 214 Å². The highest BCUT2D eigenvalue weighted by Crippen LogP contribution is 2.25. The third-order valence-corrected chi connectivity index (χ3v) is 5.10. The normalized spacial score (nSPS) is 11.3. The fraction of sp³-hybridized carbons (Fsp3) is 0.160. The van der Waals surface area contributed by atoms with E-state index in [2.05, 4.69) is 15.8 Å². The Balaban J connectivity index is 1.54. The number of phenols is 1. The first-order chi connectivity index (χ1) is 17.5. The van der Waals surface area contributed by atoms with Crippen LogP contribution in [0.1, 0.15) is 21.5 Å². The molecular formula is C25H21ClF3N3O5. The molecule has 3 aromatic carbocycles. The molecule has 0 heterocycles. The van der Waals surface area contributed by atoms with Crippen molar-refractivity contribution >= 4 is 35.3 Å². The molecule has 0 aliphatic rings. The fourth-order valence-corrected chi connectivity index (χ4v) is 3.23. The average molecular weight is 536 g/mol. The lowest BCUT2D eigenvalue weighted by Gasteiger charge is -2.11. The van der Waals surface area contributed by atoms with Crippen LogP contribution in [0, 0.1) is 0 Å². The lowest BCUT2D eigenvalue weighted by atomic mass is 10.1. The smallest absolute Gasteiger partial charge is 0.393 e. The molecule has 0 unspecified atom stereocenters. The molecule has 8 nitrogen and oxygen atoms in total. The Bertz CT molecular complexity index is 1300. The van der Waals surface area contributed by atoms with Crippen molar-refractivity contribution in [2.45, 2.75) is 12.6 Å². The summed E-state index contributed by atoms with van der Waals surface area (Å²) in [6, 6.07) is 14.0. The largest absolute Gasteiger partial charge is 0.506 e. The van der Waals surface area contributed by atoms with Crippen LogP contribution >= 0.6 is 11.6 Å². The maximum atomic E-state index is 12.4. The van der Waals surface area contributed by atoms with Gasteiger partial charge in [-0.2, -0.15) is 18.3 Å². The van der Waals surface area contributed by atoms with Gasteiger partial charge in [0.2, 0.25) is 0 Å². The number of anilines is 1. The van der Waals surface area contributed by atoms with Crippen LogP contribution in [-0.2, 0) is 11.2 Å². The predicted molar refractivity (Wildman–Crippen MR) is 131 cm³/mol. The number of ether oxygens (including phenoxy) is 2. The highest BCUT2D eigenvalue weighted by Gasteiger charge is 2.27. The first-order valence-electron chi connectivity index (χ1n) is 10.6. The van der Waals surface area contributed by atoms with Gasteiger partial charge in [-0.05, 0) is 48.0 Å². The summed E-state index contributed by atoms with van der Waals surface area (Å²) in [5.74, 6) is -0.589. The van der Waals surface area contributed by atoms with Gasteiger partial charge in [0.05, 0.1) is 24.8 Å². The number of hydrogen-bond donors (Lipinski definition) is 3. The van der Waals surface area contributed by atoms with E-state index in [0.717, 1.165) is 0 Å². The van der Waals surface area contributed by atoms with Gasteiger partial charge < -0.3 is 19.9 Å². The molecular weight excluding hydrogens is 515 g/mol. The number of nitrogens with zero attached hydrogens (tertiary/aromatic N) is 1. The first-order valence-corrected chi connectivity index (χ1v) is 11.0. The summed E-state index contributed by atoms with van der Waals surface area (Å²) in [4.78, 5) is 24.4. The molecule has 0 saturated heterocycles. The van der Waals surface area contributed by atoms with Crippen LogP contribution in [0.25, 0.3) is 0 Å². The number of carbonyl (C=O) groups excluding carboxylic acids is 2. The summed E-state index contributed by atoms with van der Waals surface area (Å²) in [5.41, 5.74) is 3.51. The summed E-state index contributed by atoms with van der Waals surface area (Å²) in [7, 11) is 1.42. The number of halogens is 4. The quantitative estimate of drug-likeness (QED) is 0.266. The van der Waals surface area contributed by atoms with E-state index in [9.17, 15) is 27.9 Å². The van der Waals surface area contributed by atoms with E-state index < -0.39 is 24.4 Å². The van der Waals surface area contributed by atoms with Gasteiger partial charge >= 0.3 is 6.18 Å². The van der Waals surface area contributed by atoms with Crippen LogP contribution in [0.5, 0.6) is 17.2 Å². The monoisotopic (exact) mass is 535 g/mol. The van der Waals surface area contributed by atoms with Crippen LogP contribution in [0.2, 0.25) is 5.02 Å². The number of phenolic OH excluding ortho intramolecular Hbond substituents is 1. The maximum Gasteiger partial charge on any atom is 0.393 e. The summed E-state index contributed by atoms with van der Waals surface area (Å²) >= 11 is 5.80. The Morgan fingerprint density at radius 2 is 1.81 bits per heavy atom. The van der Waals surface area contributed by atoms with Crippen molar-refractivity contribution in [3.63, 3.8) is 0 Å². The van der Waals surface area contributed by atoms with E-state index in [1.165, 1.54) is 61.9 Å². The van der Waals surface area contributed by atoms with E-state index in [4.69, 9.17) is 21.1 Å². The maximum absolute atomic E-state index is 12.4. The number of nitrogens with one attached hydrogen (secondary N) is 2. The third-order valence-electron chi connectivity index (χ3n) is 4.79. The lowest BCUT2D eigenvalue weighted by Crippen LogP contribution is -2.20. The molecule has 0 aromatic heterocycles. The number of amides is 2. The van der Waals surface area contributed by atoms with Crippen molar-refractivity contribution in [3.8, 4) is 17.2 Å². The minimum absolute atomic E-state index is 0.0279. The zero-order valence-corrected chi connectivity index (χ0v) is 20.1. The Morgan fingerprint density at radius 1 is 1.08 bits per heavy atom. The van der Waals surface area contributed by atoms with Crippen molar-refractivity contribution in [3.05, 3.63) is 82.4 Å². The number of alkyl halides is 3. The Morgan fingerprint density at radius 3 is 2.46 bits per heavy atom. The second-order valence-electron chi connectivity index (χ2n) is 7.59. The summed E-state index contributed by atoms with van der Waals surface area (Å²) in [6.45, 7) is -0.364. The standard InChI is InChI=1S/C25H21ClF3N3O5/c1-36-22-11-18(31-23(34)14-37-19-7-2-15(3-8-19)12-25(27,28)29)6-4-17(22)13-30-32-24(35)16-5-9-21(33)20(26)10-16/h2-11,13,33H,12,14H2,1H3,(H,31,34)(H,32,35). The van der Waals surface area contributed by atoms with Gasteiger partial charge in [0.15, 0.2) is 6.61 Å². The second-order valence-corrected chi connectivity index (χ2v) is 8.00. The van der Waals surface area contributed by atoms with Gasteiger partial charge in [0.1, 0.15) is 17.2 Å². The van der Waals surface area contributed by atoms with Gasteiger partial charge in [0, 0.05) is 22.9 Å². The molecule has 0 aliphatic carbocycles. The van der Waals surface area contributed by atoms with E-state index in [1.807, 2.05) is 0 Å². The number of carbonyl (C=O) groups is 2. The van der Waals surface area contributed by atoms with Crippen LogP contribution in [-0.4, -0.2) is 43.0 Å². The second kappa shape index (κ2) is 12.1. The average Bonchev–Trinajstić information content (AvgIpc) is 2.85. The number of aromatic hydroxyl groups is 1. The molecule has 0 atom stereocenters. The van der Waals surface area contributed by atoms with E-state index in [-0.39, 0.29) is 34.3 Å². The number of hydrogen-bond acceptors (Lipinski definition) is 6. The van der Waals surface area contributed by atoms with Crippen LogP contribution in [0.15, 0.2) is 65.8 Å². The molecule has 0 spiro atoms. The Hall–Kier alpha value is -4.25. The molecule has 3 aromatic rings. The molecule has 3 rings (SSSR count). The van der Waals surface area contributed by atoms with Gasteiger partial charge in [-0.15, -0.1) is 0 Å². The molecule has 3 N–H and O–H groups in total. The van der Waals surface area contributed by atoms with Gasteiger partial charge in [0.25, 0.3) is 11.8 Å². The molecule has 194 valence electrons. The SMILES string of the molecule is COc1cc(NC(=O)COc2ccc(CC(F)(F)F)cc2)ccc1C=NNC(=O)c1ccc(O)c(Cl)c1. The predicted octanol–water partition coefficient (Wildman–Crippen LogP) is 4.94. The molecule has 2 amide bonds. The van der Waals surface area contributed by atoms with Crippen molar-refractivity contribution < 1.29 is 37.3 Å². The number of rotatable bonds is 9. The lowest BCUT2D eigenvalue weighted by molar-refractivity contribution is -0.127. The number of benzene rings is 3. The Kier molecular flexibility index (Phi) is 8.96. The minimum Gasteiger partial charge on any atom is -0.506 e. The fourth-order valence-electron chi connectivity index (χ4n) is 3.05. The van der Waals surface area contributed by atoms with Crippen molar-refractivity contribution in [2.75, 3.05) is 19.0 Å². The van der Waals surface area contributed by atoms with E-state index in [1.54, 1.807) is 12.1 Å². The third kappa shape index (κ3) is 8.43. The first kappa shape index (κ1) is 27.3. The molecule has 0 aliphatic heterocycles. The van der Waals surface area contributed by atoms with Crippen molar-refractivity contribution in [2.24, 2.45) is 5.10 Å². The topological polar surface area (TPSA) is 109 Å². The molecule has 0 radical (unpaired) electrons. The summed E-state index contributed by atoms with van der Waals surface area (Å²) < 4.78 is 47.9. The van der Waals surface area contributed by atoms with Crippen LogP contribution < -0.4 is 20.2 Å². The van der Waals surface area contributed by atoms with E-state index in [0.29, 0.717) is 17.0 Å². The number of hydrazone groups is 1. The summed E-state index contributed by atoms with van der Waals surface area (Å²) in [6.07, 6.45) is -4.01. The highest BCUT2D eigenvalue weighted by atomic mass is 35.5. The molecule has 12 heteroatoms. The molecule has 0 saturated carbocycles. The summed E-state index contributed by atoms with van der Waals surface area (Å²) in [5, 5.41) is 16.0. The molecule has 0 bridgehead atoms. The molecule has 37 heavy (non-hydrogen) atoms. The highest BCUT2D eigenvalue weighted by molar-refractivity contribution is 6.32.